The highest BCUT2D eigenvalue weighted by Gasteiger charge is 2.47. The standard InChI is InChI=1S/C29H52BrClNO6P/c1-2-3-4-5-6-7-8-9-10-11-12-13-14-15-16-17-21-32-29(33)35-23-25-26(28-19-18-27(25)38-28)24-37-39(31,34)36-22-20-30/h18-19,25-28H,2-17,20-24H2,1H3,(H,32,33)/t25-,26-,27-,28+,39?/m1/s1. The van der Waals surface area contributed by atoms with Crippen LogP contribution in [0.4, 0.5) is 4.79 Å². The lowest BCUT2D eigenvalue weighted by Crippen LogP contribution is -2.34. The van der Waals surface area contributed by atoms with Gasteiger partial charge >= 0.3 is 13.0 Å². The van der Waals surface area contributed by atoms with Crippen molar-refractivity contribution in [3.8, 4) is 0 Å². The molecule has 1 N–H and O–H groups in total. The number of rotatable bonds is 25. The van der Waals surface area contributed by atoms with E-state index >= 15 is 0 Å². The van der Waals surface area contributed by atoms with Gasteiger partial charge in [0.1, 0.15) is 0 Å². The molecule has 1 saturated heterocycles. The highest BCUT2D eigenvalue weighted by atomic mass is 79.9. The van der Waals surface area contributed by atoms with Crippen LogP contribution in [0.15, 0.2) is 12.2 Å². The predicted molar refractivity (Wildman–Crippen MR) is 163 cm³/mol. The second-order valence-corrected chi connectivity index (χ2v) is 14.3. The summed E-state index contributed by atoms with van der Waals surface area (Å²) in [5, 5.41) is 3.37. The third kappa shape index (κ3) is 15.6. The van der Waals surface area contributed by atoms with E-state index < -0.39 is 13.0 Å². The van der Waals surface area contributed by atoms with E-state index in [2.05, 4.69) is 28.2 Å². The molecule has 1 amide bonds. The number of ether oxygens (including phenoxy) is 2. The number of carbonyl (C=O) groups is 1. The van der Waals surface area contributed by atoms with Crippen LogP contribution >= 0.6 is 34.1 Å². The number of unbranched alkanes of at least 4 members (excludes halogenated alkanes) is 15. The number of halogens is 2. The average molecular weight is 657 g/mol. The molecule has 2 heterocycles. The lowest BCUT2D eigenvalue weighted by atomic mass is 9.84. The molecule has 0 aromatic rings. The molecule has 2 aliphatic rings. The molecule has 7 nitrogen and oxygen atoms in total. The Morgan fingerprint density at radius 1 is 0.821 bits per heavy atom. The van der Waals surface area contributed by atoms with Gasteiger partial charge in [-0.15, -0.1) is 0 Å². The third-order valence-corrected chi connectivity index (χ3v) is 9.51. The number of hydrogen-bond acceptors (Lipinski definition) is 6. The fourth-order valence-corrected chi connectivity index (χ4v) is 6.87. The molecule has 0 aromatic heterocycles. The molecule has 1 fully saturated rings. The summed E-state index contributed by atoms with van der Waals surface area (Å²) in [4.78, 5) is 12.2. The highest BCUT2D eigenvalue weighted by molar-refractivity contribution is 9.09. The SMILES string of the molecule is CCCCCCCCCCCCCCCCCCNC(=O)OC[C@@H]1[C@@H](COP(=O)(Cl)OCCBr)[C@@H]2C=C[C@H]1O2. The zero-order valence-electron chi connectivity index (χ0n) is 24.0. The number of amides is 1. The summed E-state index contributed by atoms with van der Waals surface area (Å²) < 4.78 is 34.0. The summed E-state index contributed by atoms with van der Waals surface area (Å²) in [7, 11) is 0. The van der Waals surface area contributed by atoms with E-state index in [-0.39, 0.29) is 43.9 Å². The minimum atomic E-state index is -3.65. The van der Waals surface area contributed by atoms with E-state index in [9.17, 15) is 9.36 Å². The van der Waals surface area contributed by atoms with Gasteiger partial charge in [-0.2, -0.15) is 0 Å². The molecule has 2 aliphatic heterocycles. The fourth-order valence-electron chi connectivity index (χ4n) is 5.34. The number of nitrogens with one attached hydrogen (secondary N) is 1. The van der Waals surface area contributed by atoms with E-state index in [1.54, 1.807) is 0 Å². The third-order valence-electron chi connectivity index (χ3n) is 7.65. The molecule has 2 rings (SSSR count). The van der Waals surface area contributed by atoms with Crippen LogP contribution in [0.1, 0.15) is 110 Å². The summed E-state index contributed by atoms with van der Waals surface area (Å²) in [5.74, 6) is -0.179. The Labute approximate surface area is 250 Å². The summed E-state index contributed by atoms with van der Waals surface area (Å²) in [6.07, 6.45) is 24.4. The Balaban J connectivity index is 1.42. The van der Waals surface area contributed by atoms with Crippen molar-refractivity contribution in [2.45, 2.75) is 122 Å². The van der Waals surface area contributed by atoms with Gasteiger partial charge in [0.05, 0.1) is 32.0 Å². The molecule has 0 spiro atoms. The van der Waals surface area contributed by atoms with E-state index in [1.165, 1.54) is 89.9 Å². The normalized spacial score (nSPS) is 23.3. The Morgan fingerprint density at radius 2 is 1.31 bits per heavy atom. The molecule has 39 heavy (non-hydrogen) atoms. The molecule has 0 aromatic carbocycles. The van der Waals surface area contributed by atoms with E-state index in [1.807, 2.05) is 12.2 Å². The first-order valence-corrected chi connectivity index (χ1v) is 18.9. The zero-order chi connectivity index (χ0) is 28.2. The van der Waals surface area contributed by atoms with Crippen LogP contribution < -0.4 is 5.32 Å². The maximum absolute atomic E-state index is 12.2. The molecular formula is C29H52BrClNO6P. The number of hydrogen-bond donors (Lipinski definition) is 1. The van der Waals surface area contributed by atoms with Crippen molar-refractivity contribution < 1.29 is 27.9 Å². The quantitative estimate of drug-likeness (QED) is 0.0456. The monoisotopic (exact) mass is 655 g/mol. The van der Waals surface area contributed by atoms with Gasteiger partial charge in [0, 0.05) is 35.0 Å². The number of fused-ring (bicyclic) bond motifs is 2. The van der Waals surface area contributed by atoms with Crippen molar-refractivity contribution in [3.63, 3.8) is 0 Å². The summed E-state index contributed by atoms with van der Waals surface area (Å²) in [5.41, 5.74) is 0. The van der Waals surface area contributed by atoms with Gasteiger partial charge in [-0.05, 0) is 6.42 Å². The van der Waals surface area contributed by atoms with Crippen LogP contribution in [0.25, 0.3) is 0 Å². The van der Waals surface area contributed by atoms with E-state index in [0.717, 1.165) is 12.8 Å². The van der Waals surface area contributed by atoms with Gasteiger partial charge < -0.3 is 14.8 Å². The van der Waals surface area contributed by atoms with E-state index in [0.29, 0.717) is 11.9 Å². The number of alkyl carbamates (subject to hydrolysis) is 1. The second-order valence-electron chi connectivity index (χ2n) is 10.9. The van der Waals surface area contributed by atoms with Crippen molar-refractivity contribution in [1.29, 1.82) is 0 Å². The van der Waals surface area contributed by atoms with Crippen LogP contribution in [0.5, 0.6) is 0 Å². The van der Waals surface area contributed by atoms with Gasteiger partial charge in [-0.1, -0.05) is 131 Å². The first kappa shape index (κ1) is 35.1. The summed E-state index contributed by atoms with van der Waals surface area (Å²) in [6, 6.07) is 0. The van der Waals surface area contributed by atoms with Crippen LogP contribution in [-0.4, -0.2) is 50.0 Å². The first-order chi connectivity index (χ1) is 19.0. The molecule has 0 saturated carbocycles. The van der Waals surface area contributed by atoms with Crippen LogP contribution in [0.3, 0.4) is 0 Å². The molecule has 2 bridgehead atoms. The van der Waals surface area contributed by atoms with Crippen molar-refractivity contribution in [1.82, 2.24) is 5.32 Å². The Hall–Kier alpha value is -0.110. The Kier molecular flexibility index (Phi) is 19.4. The Bertz CT molecular complexity index is 730. The largest absolute Gasteiger partial charge is 0.449 e. The minimum absolute atomic E-state index is 0.0749. The number of carbonyl (C=O) groups excluding carboxylic acids is 1. The van der Waals surface area contributed by atoms with E-state index in [4.69, 9.17) is 29.8 Å². The van der Waals surface area contributed by atoms with Crippen molar-refractivity contribution in [2.24, 2.45) is 11.8 Å². The molecule has 0 radical (unpaired) electrons. The van der Waals surface area contributed by atoms with Crippen molar-refractivity contribution in [3.05, 3.63) is 12.2 Å². The average Bonchev–Trinajstić information content (AvgIpc) is 3.53. The number of alkyl halides is 1. The van der Waals surface area contributed by atoms with Gasteiger partial charge in [0.2, 0.25) is 0 Å². The van der Waals surface area contributed by atoms with Crippen LogP contribution in [-0.2, 0) is 23.1 Å². The van der Waals surface area contributed by atoms with Crippen LogP contribution in [0, 0.1) is 11.8 Å². The van der Waals surface area contributed by atoms with Gasteiger partial charge in [0.25, 0.3) is 0 Å². The zero-order valence-corrected chi connectivity index (χ0v) is 27.2. The lowest BCUT2D eigenvalue weighted by Gasteiger charge is -2.25. The topological polar surface area (TPSA) is 83.1 Å². The predicted octanol–water partition coefficient (Wildman–Crippen LogP) is 9.32. The maximum Gasteiger partial charge on any atom is 0.424 e. The first-order valence-electron chi connectivity index (χ1n) is 15.4. The van der Waals surface area contributed by atoms with Crippen molar-refractivity contribution in [2.75, 3.05) is 31.7 Å². The second kappa shape index (κ2) is 21.6. The fraction of sp³-hybridized carbons (Fsp3) is 0.897. The Morgan fingerprint density at radius 3 is 1.82 bits per heavy atom. The smallest absolute Gasteiger partial charge is 0.424 e. The molecular weight excluding hydrogens is 605 g/mol. The maximum atomic E-state index is 12.2. The van der Waals surface area contributed by atoms with Gasteiger partial charge in [-0.25, -0.2) is 9.36 Å². The molecule has 0 aliphatic carbocycles. The molecule has 228 valence electrons. The molecule has 10 heteroatoms. The molecule has 5 atom stereocenters. The highest BCUT2D eigenvalue weighted by Crippen LogP contribution is 2.55. The lowest BCUT2D eigenvalue weighted by molar-refractivity contribution is 0.0831. The molecule has 1 unspecified atom stereocenters. The minimum Gasteiger partial charge on any atom is -0.449 e. The van der Waals surface area contributed by atoms with Gasteiger partial charge in [-0.3, -0.25) is 9.05 Å². The summed E-state index contributed by atoms with van der Waals surface area (Å²) >= 11 is 9.07. The van der Waals surface area contributed by atoms with Crippen molar-refractivity contribution >= 4 is 40.2 Å². The van der Waals surface area contributed by atoms with Gasteiger partial charge in [0.15, 0.2) is 0 Å². The summed E-state index contributed by atoms with van der Waals surface area (Å²) in [6.45, 7) is -0.236. The van der Waals surface area contributed by atoms with Crippen LogP contribution in [0.2, 0.25) is 0 Å².